The second-order valence-electron chi connectivity index (χ2n) is 3.95. The van der Waals surface area contributed by atoms with E-state index < -0.39 is 0 Å². The number of hydrogen-bond donors (Lipinski definition) is 0. The number of ether oxygens (including phenoxy) is 1. The summed E-state index contributed by atoms with van der Waals surface area (Å²) in [5.41, 5.74) is 0. The molecule has 0 saturated carbocycles. The zero-order valence-corrected chi connectivity index (χ0v) is 9.91. The Morgan fingerprint density at radius 1 is 1.50 bits per heavy atom. The molecule has 2 aromatic rings. The van der Waals surface area contributed by atoms with Gasteiger partial charge in [-0.1, -0.05) is 0 Å². The highest BCUT2D eigenvalue weighted by Gasteiger charge is 2.22. The Hall–Kier alpha value is -1.20. The molecular weight excluding hydrogens is 222 g/mol. The van der Waals surface area contributed by atoms with E-state index in [-0.39, 0.29) is 0 Å². The monoisotopic (exact) mass is 235 g/mol. The summed E-state index contributed by atoms with van der Waals surface area (Å²) in [6, 6.07) is 2.48. The molecule has 0 aliphatic carbocycles. The molecule has 0 amide bonds. The molecule has 3 heterocycles. The SMILES string of the molecule is C[C@@H]1COCCN1c1ncnc2sccc12. The van der Waals surface area contributed by atoms with E-state index in [1.807, 2.05) is 0 Å². The summed E-state index contributed by atoms with van der Waals surface area (Å²) in [5.74, 6) is 1.04. The minimum absolute atomic E-state index is 0.381. The number of rotatable bonds is 1. The van der Waals surface area contributed by atoms with Gasteiger partial charge in [0.1, 0.15) is 17.0 Å². The maximum Gasteiger partial charge on any atom is 0.141 e. The van der Waals surface area contributed by atoms with Crippen molar-refractivity contribution in [2.45, 2.75) is 13.0 Å². The first-order valence-corrected chi connectivity index (χ1v) is 6.27. The fraction of sp³-hybridized carbons (Fsp3) is 0.455. The molecule has 3 rings (SSSR count). The number of thiophene rings is 1. The quantitative estimate of drug-likeness (QED) is 0.757. The summed E-state index contributed by atoms with van der Waals surface area (Å²) < 4.78 is 5.44. The highest BCUT2D eigenvalue weighted by atomic mass is 32.1. The van der Waals surface area contributed by atoms with Gasteiger partial charge >= 0.3 is 0 Å². The van der Waals surface area contributed by atoms with Crippen molar-refractivity contribution in [1.29, 1.82) is 0 Å². The predicted molar refractivity (Wildman–Crippen MR) is 65.0 cm³/mol. The molecule has 0 unspecified atom stereocenters. The van der Waals surface area contributed by atoms with Gasteiger partial charge in [-0.3, -0.25) is 0 Å². The first-order valence-electron chi connectivity index (χ1n) is 5.39. The van der Waals surface area contributed by atoms with E-state index >= 15 is 0 Å². The smallest absolute Gasteiger partial charge is 0.141 e. The number of fused-ring (bicyclic) bond motifs is 1. The lowest BCUT2D eigenvalue weighted by Gasteiger charge is -2.34. The van der Waals surface area contributed by atoms with Crippen LogP contribution in [0, 0.1) is 0 Å². The lowest BCUT2D eigenvalue weighted by atomic mass is 10.2. The second-order valence-corrected chi connectivity index (χ2v) is 4.85. The molecule has 0 aromatic carbocycles. The minimum atomic E-state index is 0.381. The van der Waals surface area contributed by atoms with Crippen molar-refractivity contribution in [2.24, 2.45) is 0 Å². The summed E-state index contributed by atoms with van der Waals surface area (Å²) in [7, 11) is 0. The maximum atomic E-state index is 5.44. The van der Waals surface area contributed by atoms with E-state index in [1.165, 1.54) is 0 Å². The standard InChI is InChI=1S/C11H13N3OS/c1-8-6-15-4-3-14(8)10-9-2-5-16-11(9)13-7-12-10/h2,5,7-8H,3-4,6H2,1H3/t8-/m1/s1. The highest BCUT2D eigenvalue weighted by Crippen LogP contribution is 2.28. The van der Waals surface area contributed by atoms with Gasteiger partial charge in [-0.25, -0.2) is 9.97 Å². The number of morpholine rings is 1. The van der Waals surface area contributed by atoms with Crippen LogP contribution in [0.5, 0.6) is 0 Å². The number of aromatic nitrogens is 2. The summed E-state index contributed by atoms with van der Waals surface area (Å²) >= 11 is 1.66. The van der Waals surface area contributed by atoms with Gasteiger partial charge in [-0.2, -0.15) is 0 Å². The lowest BCUT2D eigenvalue weighted by Crippen LogP contribution is -2.44. The van der Waals surface area contributed by atoms with Crippen molar-refractivity contribution in [2.75, 3.05) is 24.7 Å². The van der Waals surface area contributed by atoms with Crippen LogP contribution in [0.15, 0.2) is 17.8 Å². The van der Waals surface area contributed by atoms with Gasteiger partial charge in [0.25, 0.3) is 0 Å². The largest absolute Gasteiger partial charge is 0.377 e. The molecular formula is C11H13N3OS. The molecule has 2 aromatic heterocycles. The predicted octanol–water partition coefficient (Wildman–Crippen LogP) is 1.92. The van der Waals surface area contributed by atoms with Gasteiger partial charge < -0.3 is 9.64 Å². The van der Waals surface area contributed by atoms with Crippen molar-refractivity contribution in [1.82, 2.24) is 9.97 Å². The molecule has 16 heavy (non-hydrogen) atoms. The normalized spacial score (nSPS) is 21.6. The Kier molecular flexibility index (Phi) is 2.49. The average Bonchev–Trinajstić information content (AvgIpc) is 2.77. The Morgan fingerprint density at radius 3 is 3.31 bits per heavy atom. The minimum Gasteiger partial charge on any atom is -0.377 e. The van der Waals surface area contributed by atoms with E-state index in [2.05, 4.69) is 33.2 Å². The van der Waals surface area contributed by atoms with Crippen LogP contribution in [-0.2, 0) is 4.74 Å². The van der Waals surface area contributed by atoms with Crippen LogP contribution in [0.4, 0.5) is 5.82 Å². The van der Waals surface area contributed by atoms with Crippen molar-refractivity contribution in [3.63, 3.8) is 0 Å². The van der Waals surface area contributed by atoms with Crippen LogP contribution >= 0.6 is 11.3 Å². The Bertz CT molecular complexity index is 499. The van der Waals surface area contributed by atoms with Crippen LogP contribution in [0.25, 0.3) is 10.2 Å². The van der Waals surface area contributed by atoms with Gasteiger partial charge in [-0.05, 0) is 18.4 Å². The molecule has 0 radical (unpaired) electrons. The van der Waals surface area contributed by atoms with E-state index in [4.69, 9.17) is 4.74 Å². The Labute approximate surface area is 97.9 Å². The van der Waals surface area contributed by atoms with Crippen molar-refractivity contribution in [3.8, 4) is 0 Å². The van der Waals surface area contributed by atoms with Gasteiger partial charge in [-0.15, -0.1) is 11.3 Å². The Balaban J connectivity index is 2.07. The highest BCUT2D eigenvalue weighted by molar-refractivity contribution is 7.16. The van der Waals surface area contributed by atoms with Crippen molar-refractivity contribution < 1.29 is 4.74 Å². The third-order valence-corrected chi connectivity index (χ3v) is 3.70. The lowest BCUT2D eigenvalue weighted by molar-refractivity contribution is 0.0987. The van der Waals surface area contributed by atoms with Gasteiger partial charge in [0.2, 0.25) is 0 Å². The van der Waals surface area contributed by atoms with E-state index in [1.54, 1.807) is 17.7 Å². The van der Waals surface area contributed by atoms with Crippen LogP contribution in [0.1, 0.15) is 6.92 Å². The number of nitrogens with zero attached hydrogens (tertiary/aromatic N) is 3. The first-order chi connectivity index (χ1) is 7.86. The summed E-state index contributed by atoms with van der Waals surface area (Å²) in [4.78, 5) is 12.1. The van der Waals surface area contributed by atoms with Gasteiger partial charge in [0.15, 0.2) is 0 Å². The van der Waals surface area contributed by atoms with Gasteiger partial charge in [0, 0.05) is 6.54 Å². The fourth-order valence-corrected chi connectivity index (χ4v) is 2.77. The number of anilines is 1. The van der Waals surface area contributed by atoms with Crippen LogP contribution in [0.2, 0.25) is 0 Å². The summed E-state index contributed by atoms with van der Waals surface area (Å²) in [6.07, 6.45) is 1.65. The maximum absolute atomic E-state index is 5.44. The van der Waals surface area contributed by atoms with E-state index in [9.17, 15) is 0 Å². The fourth-order valence-electron chi connectivity index (χ4n) is 2.05. The molecule has 5 heteroatoms. The molecule has 1 atom stereocenters. The van der Waals surface area contributed by atoms with Crippen molar-refractivity contribution >= 4 is 27.4 Å². The molecule has 0 spiro atoms. The van der Waals surface area contributed by atoms with Crippen LogP contribution < -0.4 is 4.90 Å². The second kappa shape index (κ2) is 3.99. The molecule has 1 saturated heterocycles. The zero-order valence-electron chi connectivity index (χ0n) is 9.09. The molecule has 0 bridgehead atoms. The molecule has 84 valence electrons. The Morgan fingerprint density at radius 2 is 2.44 bits per heavy atom. The average molecular weight is 235 g/mol. The molecule has 1 fully saturated rings. The van der Waals surface area contributed by atoms with Crippen LogP contribution in [-0.4, -0.2) is 35.8 Å². The summed E-state index contributed by atoms with van der Waals surface area (Å²) in [5, 5.41) is 3.22. The molecule has 1 aliphatic rings. The van der Waals surface area contributed by atoms with E-state index in [0.29, 0.717) is 6.04 Å². The molecule has 0 N–H and O–H groups in total. The zero-order chi connectivity index (χ0) is 11.0. The molecule has 1 aliphatic heterocycles. The summed E-state index contributed by atoms with van der Waals surface area (Å²) in [6.45, 7) is 4.62. The third kappa shape index (κ3) is 1.56. The molecule has 4 nitrogen and oxygen atoms in total. The van der Waals surface area contributed by atoms with Gasteiger partial charge in [0.05, 0.1) is 24.6 Å². The third-order valence-electron chi connectivity index (χ3n) is 2.88. The van der Waals surface area contributed by atoms with Crippen LogP contribution in [0.3, 0.4) is 0 Å². The van der Waals surface area contributed by atoms with E-state index in [0.717, 1.165) is 35.8 Å². The van der Waals surface area contributed by atoms with Crippen molar-refractivity contribution in [3.05, 3.63) is 17.8 Å². The topological polar surface area (TPSA) is 38.2 Å². The first kappa shape index (κ1) is 9.99. The number of hydrogen-bond acceptors (Lipinski definition) is 5.